The number of anilines is 2. The van der Waals surface area contributed by atoms with E-state index >= 15 is 0 Å². The number of carbonyl (C=O) groups excluding carboxylic acids is 1. The van der Waals surface area contributed by atoms with E-state index in [1.807, 2.05) is 73.6 Å². The molecule has 0 aliphatic rings. The third-order valence-corrected chi connectivity index (χ3v) is 5.37. The van der Waals surface area contributed by atoms with E-state index in [2.05, 4.69) is 15.4 Å². The number of nitrogens with zero attached hydrogens (tertiary/aromatic N) is 4. The molecule has 0 saturated carbocycles. The second-order valence-electron chi connectivity index (χ2n) is 7.83. The summed E-state index contributed by atoms with van der Waals surface area (Å²) in [6, 6.07) is 22.7. The van der Waals surface area contributed by atoms with Gasteiger partial charge in [0.15, 0.2) is 17.3 Å². The van der Waals surface area contributed by atoms with Gasteiger partial charge in [0.1, 0.15) is 0 Å². The minimum Gasteiger partial charge on any atom is -0.493 e. The molecule has 174 valence electrons. The van der Waals surface area contributed by atoms with Crippen molar-refractivity contribution >= 4 is 17.5 Å². The standard InChI is InChI=1S/C26H27N5O3/c1-30(2)21-13-10-18(11-14-21)17-27-26-28-24(19-8-6-5-7-9-19)29-31(26)25(32)20-12-15-22(33-3)23(16-20)34-4/h5-16H,17H2,1-4H3,(H,27,28,29). The molecule has 0 spiro atoms. The maximum Gasteiger partial charge on any atom is 0.281 e. The molecule has 4 aromatic rings. The van der Waals surface area contributed by atoms with Crippen molar-refractivity contribution in [3.8, 4) is 22.9 Å². The van der Waals surface area contributed by atoms with Crippen LogP contribution in [0.5, 0.6) is 11.5 Å². The lowest BCUT2D eigenvalue weighted by Crippen LogP contribution is -2.18. The third-order valence-electron chi connectivity index (χ3n) is 5.37. The molecule has 0 unspecified atom stereocenters. The molecule has 0 aliphatic carbocycles. The number of carbonyl (C=O) groups is 1. The molecular formula is C26H27N5O3. The summed E-state index contributed by atoms with van der Waals surface area (Å²) in [7, 11) is 7.08. The van der Waals surface area contributed by atoms with Crippen LogP contribution >= 0.6 is 0 Å². The van der Waals surface area contributed by atoms with Gasteiger partial charge in [0.2, 0.25) is 5.95 Å². The summed E-state index contributed by atoms with van der Waals surface area (Å²) >= 11 is 0. The maximum absolute atomic E-state index is 13.4. The van der Waals surface area contributed by atoms with E-state index in [-0.39, 0.29) is 5.91 Å². The monoisotopic (exact) mass is 457 g/mol. The van der Waals surface area contributed by atoms with Crippen LogP contribution in [0.15, 0.2) is 72.8 Å². The van der Waals surface area contributed by atoms with Gasteiger partial charge in [-0.1, -0.05) is 42.5 Å². The Balaban J connectivity index is 1.66. The van der Waals surface area contributed by atoms with Crippen LogP contribution in [0.1, 0.15) is 15.9 Å². The highest BCUT2D eigenvalue weighted by Gasteiger charge is 2.20. The predicted octanol–water partition coefficient (Wildman–Crippen LogP) is 4.33. The molecule has 0 amide bonds. The lowest BCUT2D eigenvalue weighted by Gasteiger charge is -2.13. The zero-order valence-electron chi connectivity index (χ0n) is 19.6. The number of rotatable bonds is 8. The summed E-state index contributed by atoms with van der Waals surface area (Å²) < 4.78 is 11.9. The van der Waals surface area contributed by atoms with Gasteiger partial charge in [-0.25, -0.2) is 0 Å². The Morgan fingerprint density at radius 3 is 2.29 bits per heavy atom. The first-order chi connectivity index (χ1) is 16.5. The van der Waals surface area contributed by atoms with Gasteiger partial charge < -0.3 is 19.7 Å². The van der Waals surface area contributed by atoms with Gasteiger partial charge in [0.25, 0.3) is 5.91 Å². The van der Waals surface area contributed by atoms with Crippen LogP contribution in [0.3, 0.4) is 0 Å². The Labute approximate surface area is 198 Å². The second kappa shape index (κ2) is 10.1. The van der Waals surface area contributed by atoms with Gasteiger partial charge in [-0.3, -0.25) is 4.79 Å². The summed E-state index contributed by atoms with van der Waals surface area (Å²) in [6.07, 6.45) is 0. The summed E-state index contributed by atoms with van der Waals surface area (Å²) in [5.41, 5.74) is 3.39. The van der Waals surface area contributed by atoms with E-state index in [0.717, 1.165) is 16.8 Å². The molecule has 8 nitrogen and oxygen atoms in total. The van der Waals surface area contributed by atoms with Crippen molar-refractivity contribution in [1.82, 2.24) is 14.8 Å². The Hall–Kier alpha value is -4.33. The number of hydrogen-bond acceptors (Lipinski definition) is 7. The molecule has 1 heterocycles. The molecule has 1 aromatic heterocycles. The van der Waals surface area contributed by atoms with Crippen LogP contribution in [-0.4, -0.2) is 49.0 Å². The van der Waals surface area contributed by atoms with Crippen molar-refractivity contribution in [3.05, 3.63) is 83.9 Å². The van der Waals surface area contributed by atoms with Crippen LogP contribution in [-0.2, 0) is 6.54 Å². The van der Waals surface area contributed by atoms with Crippen molar-refractivity contribution in [2.75, 3.05) is 38.5 Å². The van der Waals surface area contributed by atoms with Crippen molar-refractivity contribution in [2.24, 2.45) is 0 Å². The fraction of sp³-hybridized carbons (Fsp3) is 0.192. The molecule has 4 rings (SSSR count). The van der Waals surface area contributed by atoms with Crippen molar-refractivity contribution in [2.45, 2.75) is 6.54 Å². The molecule has 34 heavy (non-hydrogen) atoms. The van der Waals surface area contributed by atoms with E-state index in [9.17, 15) is 4.79 Å². The lowest BCUT2D eigenvalue weighted by atomic mass is 10.2. The van der Waals surface area contributed by atoms with Gasteiger partial charge in [-0.05, 0) is 35.9 Å². The molecule has 0 aliphatic heterocycles. The van der Waals surface area contributed by atoms with Gasteiger partial charge >= 0.3 is 0 Å². The number of methoxy groups -OCH3 is 2. The lowest BCUT2D eigenvalue weighted by molar-refractivity contribution is 0.0947. The number of nitrogens with one attached hydrogen (secondary N) is 1. The molecule has 0 bridgehead atoms. The summed E-state index contributed by atoms with van der Waals surface area (Å²) in [6.45, 7) is 0.486. The van der Waals surface area contributed by atoms with E-state index < -0.39 is 0 Å². The molecule has 3 aromatic carbocycles. The number of benzene rings is 3. The first kappa shape index (κ1) is 22.8. The average molecular weight is 458 g/mol. The Morgan fingerprint density at radius 2 is 1.65 bits per heavy atom. The first-order valence-electron chi connectivity index (χ1n) is 10.8. The van der Waals surface area contributed by atoms with Crippen LogP contribution in [0.4, 0.5) is 11.6 Å². The van der Waals surface area contributed by atoms with Crippen LogP contribution in [0.25, 0.3) is 11.4 Å². The smallest absolute Gasteiger partial charge is 0.281 e. The fourth-order valence-corrected chi connectivity index (χ4v) is 3.46. The van der Waals surface area contributed by atoms with E-state index in [4.69, 9.17) is 9.47 Å². The van der Waals surface area contributed by atoms with Gasteiger partial charge in [0.05, 0.1) is 14.2 Å². The third kappa shape index (κ3) is 4.85. The Bertz CT molecular complexity index is 1270. The van der Waals surface area contributed by atoms with Crippen molar-refractivity contribution in [3.63, 3.8) is 0 Å². The SMILES string of the molecule is COc1ccc(C(=O)n2nc(-c3ccccc3)nc2NCc2ccc(N(C)C)cc2)cc1OC. The zero-order chi connectivity index (χ0) is 24.1. The average Bonchev–Trinajstić information content (AvgIpc) is 3.31. The van der Waals surface area contributed by atoms with Crippen LogP contribution in [0, 0.1) is 0 Å². The van der Waals surface area contributed by atoms with Crippen LogP contribution in [0.2, 0.25) is 0 Å². The number of ether oxygens (including phenoxy) is 2. The molecule has 0 radical (unpaired) electrons. The highest BCUT2D eigenvalue weighted by molar-refractivity contribution is 5.97. The number of aromatic nitrogens is 3. The minimum atomic E-state index is -0.332. The largest absolute Gasteiger partial charge is 0.493 e. The zero-order valence-corrected chi connectivity index (χ0v) is 19.6. The van der Waals surface area contributed by atoms with Gasteiger partial charge in [0, 0.05) is 37.5 Å². The van der Waals surface area contributed by atoms with E-state index in [0.29, 0.717) is 35.4 Å². The van der Waals surface area contributed by atoms with E-state index in [1.54, 1.807) is 25.3 Å². The predicted molar refractivity (Wildman–Crippen MR) is 133 cm³/mol. The highest BCUT2D eigenvalue weighted by Crippen LogP contribution is 2.28. The molecule has 8 heteroatoms. The maximum atomic E-state index is 13.4. The van der Waals surface area contributed by atoms with E-state index in [1.165, 1.54) is 11.8 Å². The molecular weight excluding hydrogens is 430 g/mol. The highest BCUT2D eigenvalue weighted by atomic mass is 16.5. The van der Waals surface area contributed by atoms with Crippen molar-refractivity contribution < 1.29 is 14.3 Å². The summed E-state index contributed by atoms with van der Waals surface area (Å²) in [4.78, 5) is 20.1. The molecule has 0 atom stereocenters. The normalized spacial score (nSPS) is 10.6. The Morgan fingerprint density at radius 1 is 0.941 bits per heavy atom. The first-order valence-corrected chi connectivity index (χ1v) is 10.8. The fourth-order valence-electron chi connectivity index (χ4n) is 3.46. The topological polar surface area (TPSA) is 81.5 Å². The van der Waals surface area contributed by atoms with Gasteiger partial charge in [-0.15, -0.1) is 5.10 Å². The van der Waals surface area contributed by atoms with Gasteiger partial charge in [-0.2, -0.15) is 9.67 Å². The quantitative estimate of drug-likeness (QED) is 0.422. The van der Waals surface area contributed by atoms with Crippen molar-refractivity contribution in [1.29, 1.82) is 0 Å². The number of hydrogen-bond donors (Lipinski definition) is 1. The second-order valence-corrected chi connectivity index (χ2v) is 7.83. The summed E-state index contributed by atoms with van der Waals surface area (Å²) in [5, 5.41) is 7.79. The summed E-state index contributed by atoms with van der Waals surface area (Å²) in [5.74, 6) is 1.49. The Kier molecular flexibility index (Phi) is 6.77. The minimum absolute atomic E-state index is 0.332. The van der Waals surface area contributed by atoms with Crippen LogP contribution < -0.4 is 19.7 Å². The molecule has 0 saturated heterocycles. The molecule has 0 fully saturated rings. The molecule has 1 N–H and O–H groups in total.